The third-order valence-electron chi connectivity index (χ3n) is 2.74. The van der Waals surface area contributed by atoms with Crippen LogP contribution in [0.4, 0.5) is 13.2 Å². The van der Waals surface area contributed by atoms with Gasteiger partial charge in [0.15, 0.2) is 0 Å². The Hall–Kier alpha value is -1.57. The molecule has 0 saturated carbocycles. The standard InChI is InChI=1S/C11H12F3NO3S/c1-10(2,9(16)17)19(3,18)8-5-4-7(6-15-8)11(12,13)14/h4-6H,3H2,1-2H3,(H,16,17). The van der Waals surface area contributed by atoms with E-state index in [0.29, 0.717) is 12.3 Å². The Kier molecular flexibility index (Phi) is 3.68. The number of rotatable bonds is 3. The molecular formula is C11H12F3NO3S. The Labute approximate surface area is 108 Å². The third-order valence-corrected chi connectivity index (χ3v) is 5.48. The highest BCUT2D eigenvalue weighted by Gasteiger charge is 2.39. The van der Waals surface area contributed by atoms with Crippen LogP contribution in [0.3, 0.4) is 0 Å². The minimum atomic E-state index is -4.56. The molecule has 0 amide bonds. The molecule has 1 atom stereocenters. The minimum Gasteiger partial charge on any atom is -0.480 e. The van der Waals surface area contributed by atoms with Crippen molar-refractivity contribution in [2.24, 2.45) is 0 Å². The summed E-state index contributed by atoms with van der Waals surface area (Å²) in [6.45, 7) is 2.37. The highest BCUT2D eigenvalue weighted by atomic mass is 32.2. The molecule has 0 spiro atoms. The van der Waals surface area contributed by atoms with E-state index in [9.17, 15) is 22.2 Å². The number of carbonyl (C=O) groups is 1. The molecule has 1 unspecified atom stereocenters. The van der Waals surface area contributed by atoms with Crippen LogP contribution in [0.25, 0.3) is 0 Å². The first kappa shape index (κ1) is 15.5. The maximum atomic E-state index is 12.4. The first-order chi connectivity index (χ1) is 8.40. The SMILES string of the molecule is C=S(=O)(c1ccc(C(F)(F)F)cn1)C(C)(C)C(=O)O. The van der Waals surface area contributed by atoms with E-state index in [4.69, 9.17) is 5.11 Å². The van der Waals surface area contributed by atoms with Crippen molar-refractivity contribution in [2.45, 2.75) is 29.8 Å². The molecule has 19 heavy (non-hydrogen) atoms. The van der Waals surface area contributed by atoms with Gasteiger partial charge >= 0.3 is 12.1 Å². The van der Waals surface area contributed by atoms with Crippen molar-refractivity contribution < 1.29 is 27.3 Å². The lowest BCUT2D eigenvalue weighted by molar-refractivity contribution is -0.139. The monoisotopic (exact) mass is 295 g/mol. The Bertz CT molecular complexity index is 589. The third kappa shape index (κ3) is 2.73. The summed E-state index contributed by atoms with van der Waals surface area (Å²) in [5.74, 6) is 1.96. The van der Waals surface area contributed by atoms with E-state index in [1.807, 2.05) is 0 Å². The number of aromatic nitrogens is 1. The van der Waals surface area contributed by atoms with Crippen LogP contribution in [0.1, 0.15) is 19.4 Å². The van der Waals surface area contributed by atoms with E-state index >= 15 is 0 Å². The van der Waals surface area contributed by atoms with Crippen LogP contribution in [0.15, 0.2) is 23.4 Å². The summed E-state index contributed by atoms with van der Waals surface area (Å²) in [6, 6.07) is 1.59. The van der Waals surface area contributed by atoms with Crippen molar-refractivity contribution in [1.82, 2.24) is 4.98 Å². The molecule has 0 aromatic carbocycles. The van der Waals surface area contributed by atoms with Gasteiger partial charge in [-0.15, -0.1) is 0 Å². The second kappa shape index (κ2) is 4.52. The van der Waals surface area contributed by atoms with Crippen LogP contribution < -0.4 is 0 Å². The summed E-state index contributed by atoms with van der Waals surface area (Å²) in [4.78, 5) is 14.5. The average Bonchev–Trinajstić information content (AvgIpc) is 2.27. The van der Waals surface area contributed by atoms with Gasteiger partial charge < -0.3 is 5.11 Å². The first-order valence-corrected chi connectivity index (χ1v) is 6.77. The summed E-state index contributed by atoms with van der Waals surface area (Å²) in [6.07, 6.45) is -4.05. The lowest BCUT2D eigenvalue weighted by Gasteiger charge is -2.24. The molecule has 8 heteroatoms. The molecule has 4 nitrogen and oxygen atoms in total. The van der Waals surface area contributed by atoms with E-state index in [1.54, 1.807) is 0 Å². The van der Waals surface area contributed by atoms with Crippen LogP contribution in [-0.2, 0) is 20.5 Å². The molecule has 1 aromatic heterocycles. The van der Waals surface area contributed by atoms with Gasteiger partial charge in [0, 0.05) is 15.7 Å². The van der Waals surface area contributed by atoms with Gasteiger partial charge in [0.05, 0.1) is 5.56 Å². The van der Waals surface area contributed by atoms with E-state index in [-0.39, 0.29) is 5.03 Å². The molecule has 0 bridgehead atoms. The molecule has 1 rings (SSSR count). The smallest absolute Gasteiger partial charge is 0.417 e. The zero-order valence-corrected chi connectivity index (χ0v) is 11.0. The van der Waals surface area contributed by atoms with E-state index in [2.05, 4.69) is 10.9 Å². The molecule has 0 fully saturated rings. The number of alkyl halides is 3. The predicted molar refractivity (Wildman–Crippen MR) is 64.5 cm³/mol. The Morgan fingerprint density at radius 1 is 1.37 bits per heavy atom. The number of carboxylic acid groups (broad SMARTS) is 1. The second-order valence-electron chi connectivity index (χ2n) is 4.37. The topological polar surface area (TPSA) is 67.3 Å². The first-order valence-electron chi connectivity index (χ1n) is 5.04. The van der Waals surface area contributed by atoms with Crippen molar-refractivity contribution >= 4 is 21.4 Å². The number of hydrogen-bond acceptors (Lipinski definition) is 3. The fourth-order valence-electron chi connectivity index (χ4n) is 1.15. The number of hydrogen-bond donors (Lipinski definition) is 1. The van der Waals surface area contributed by atoms with Crippen LogP contribution in [-0.4, -0.2) is 30.9 Å². The normalized spacial score (nSPS) is 15.8. The largest absolute Gasteiger partial charge is 0.480 e. The van der Waals surface area contributed by atoms with Crippen molar-refractivity contribution in [3.63, 3.8) is 0 Å². The summed E-state index contributed by atoms with van der Waals surface area (Å²) < 4.78 is 47.7. The van der Waals surface area contributed by atoms with Gasteiger partial charge in [-0.1, -0.05) is 0 Å². The zero-order valence-electron chi connectivity index (χ0n) is 10.2. The maximum absolute atomic E-state index is 12.4. The number of aliphatic carboxylic acids is 1. The van der Waals surface area contributed by atoms with Gasteiger partial charge in [-0.2, -0.15) is 13.2 Å². The Morgan fingerprint density at radius 3 is 2.21 bits per heavy atom. The molecule has 0 aliphatic rings. The molecule has 1 aromatic rings. The highest BCUT2D eigenvalue weighted by Crippen LogP contribution is 2.30. The van der Waals surface area contributed by atoms with Crippen LogP contribution >= 0.6 is 0 Å². The van der Waals surface area contributed by atoms with E-state index in [1.165, 1.54) is 13.8 Å². The minimum absolute atomic E-state index is 0.270. The van der Waals surface area contributed by atoms with Gasteiger partial charge in [-0.05, 0) is 31.9 Å². The Morgan fingerprint density at radius 2 is 1.89 bits per heavy atom. The predicted octanol–water partition coefficient (Wildman–Crippen LogP) is 2.04. The summed E-state index contributed by atoms with van der Waals surface area (Å²) >= 11 is 0. The quantitative estimate of drug-likeness (QED) is 0.867. The molecule has 0 aliphatic heterocycles. The molecule has 0 saturated heterocycles. The van der Waals surface area contributed by atoms with Crippen molar-refractivity contribution in [1.29, 1.82) is 0 Å². The summed E-state index contributed by atoms with van der Waals surface area (Å²) in [7, 11) is -3.38. The highest BCUT2D eigenvalue weighted by molar-refractivity contribution is 8.02. The maximum Gasteiger partial charge on any atom is 0.417 e. The second-order valence-corrected chi connectivity index (χ2v) is 7.16. The fraction of sp³-hybridized carbons (Fsp3) is 0.364. The van der Waals surface area contributed by atoms with Gasteiger partial charge in [-0.25, -0.2) is 4.98 Å². The van der Waals surface area contributed by atoms with E-state index in [0.717, 1.165) is 6.07 Å². The van der Waals surface area contributed by atoms with Gasteiger partial charge in [0.2, 0.25) is 0 Å². The molecule has 0 radical (unpaired) electrons. The molecule has 0 aliphatic carbocycles. The number of pyridine rings is 1. The molecular weight excluding hydrogens is 283 g/mol. The van der Waals surface area contributed by atoms with Gasteiger partial charge in [-0.3, -0.25) is 9.00 Å². The number of halogens is 3. The Balaban J connectivity index is 3.29. The van der Waals surface area contributed by atoms with Crippen molar-refractivity contribution in [2.75, 3.05) is 0 Å². The van der Waals surface area contributed by atoms with Gasteiger partial charge in [0.25, 0.3) is 0 Å². The molecule has 106 valence electrons. The fourth-order valence-corrected chi connectivity index (χ4v) is 2.46. The molecule has 1 N–H and O–H groups in total. The van der Waals surface area contributed by atoms with E-state index < -0.39 is 32.0 Å². The van der Waals surface area contributed by atoms with Crippen LogP contribution in [0, 0.1) is 0 Å². The average molecular weight is 295 g/mol. The van der Waals surface area contributed by atoms with Crippen LogP contribution in [0.5, 0.6) is 0 Å². The number of nitrogens with zero attached hydrogens (tertiary/aromatic N) is 1. The van der Waals surface area contributed by atoms with Crippen molar-refractivity contribution in [3.05, 3.63) is 23.9 Å². The lowest BCUT2D eigenvalue weighted by atomic mass is 10.2. The van der Waals surface area contributed by atoms with Crippen LogP contribution in [0.2, 0.25) is 0 Å². The summed E-state index contributed by atoms with van der Waals surface area (Å²) in [5.41, 5.74) is -1.00. The lowest BCUT2D eigenvalue weighted by Crippen LogP contribution is -2.40. The van der Waals surface area contributed by atoms with Gasteiger partial charge in [0.1, 0.15) is 9.77 Å². The molecule has 1 heterocycles. The number of carboxylic acids is 1. The van der Waals surface area contributed by atoms with Crippen molar-refractivity contribution in [3.8, 4) is 0 Å². The zero-order chi connectivity index (χ0) is 15.1. The summed E-state index contributed by atoms with van der Waals surface area (Å²) in [5, 5.41) is 8.72.